The quantitative estimate of drug-likeness (QED) is 0.108. The molecule has 2 aliphatic heterocycles. The fraction of sp³-hybridized carbons (Fsp3) is 0.229. The molecule has 7 heterocycles. The number of halogens is 4. The summed E-state index contributed by atoms with van der Waals surface area (Å²) >= 11 is 11.4. The number of pyridine rings is 2. The molecule has 2 unspecified atom stereocenters. The van der Waals surface area contributed by atoms with Crippen molar-refractivity contribution in [2.75, 3.05) is 10.6 Å². The van der Waals surface area contributed by atoms with Crippen LogP contribution in [0.25, 0.3) is 0 Å². The number of carbonyl (C=O) groups is 4. The van der Waals surface area contributed by atoms with Crippen LogP contribution in [0.3, 0.4) is 0 Å². The molecule has 0 fully saturated rings. The van der Waals surface area contributed by atoms with Gasteiger partial charge in [-0.1, -0.05) is 57.6 Å². The Morgan fingerprint density at radius 3 is 1.72 bits per heavy atom. The van der Waals surface area contributed by atoms with E-state index < -0.39 is 23.8 Å². The van der Waals surface area contributed by atoms with Gasteiger partial charge in [-0.15, -0.1) is 0 Å². The SMILES string of the molecule is C.C.C.NC1CCn2c(C(=O)Nc3ccc(F)c(Cl)c3)ccc21.O=C(NC1CCn2c(C(=O)Nc3ccc(F)c(Cl)c3)ccc21)OCc1ccccn1.O=C(OCc1ccccn1)n1ccnc1. The second-order valence-corrected chi connectivity index (χ2v) is 15.2. The van der Waals surface area contributed by atoms with Crippen LogP contribution in [0.15, 0.2) is 128 Å². The van der Waals surface area contributed by atoms with Crippen LogP contribution in [0.1, 0.15) is 91.0 Å². The van der Waals surface area contributed by atoms with E-state index in [1.54, 1.807) is 54.9 Å². The zero-order valence-electron chi connectivity index (χ0n) is 34.2. The minimum Gasteiger partial charge on any atom is -0.443 e. The number of alkyl carbamates (subject to hydrolysis) is 1. The largest absolute Gasteiger partial charge is 0.443 e. The second kappa shape index (κ2) is 24.9. The van der Waals surface area contributed by atoms with Gasteiger partial charge in [0.15, 0.2) is 0 Å². The lowest BCUT2D eigenvalue weighted by Gasteiger charge is -2.12. The van der Waals surface area contributed by atoms with Gasteiger partial charge in [0.2, 0.25) is 0 Å². The monoisotopic (exact) mass is 972 g/mol. The van der Waals surface area contributed by atoms with Gasteiger partial charge in [-0.05, 0) is 97.8 Å². The predicted molar refractivity (Wildman–Crippen MR) is 256 cm³/mol. The summed E-state index contributed by atoms with van der Waals surface area (Å²) in [5.41, 5.74) is 10.9. The first-order chi connectivity index (χ1) is 31.4. The molecule has 5 N–H and O–H groups in total. The smallest absolute Gasteiger partial charge is 0.419 e. The van der Waals surface area contributed by atoms with Crippen molar-refractivity contribution in [1.82, 2.24) is 34.0 Å². The van der Waals surface area contributed by atoms with Crippen LogP contribution >= 0.6 is 23.2 Å². The van der Waals surface area contributed by atoms with Gasteiger partial charge in [0.1, 0.15) is 42.6 Å². The van der Waals surface area contributed by atoms with Gasteiger partial charge in [0, 0.05) is 66.7 Å². The van der Waals surface area contributed by atoms with E-state index >= 15 is 0 Å². The zero-order chi connectivity index (χ0) is 45.9. The maximum atomic E-state index is 13.3. The molecular weight excluding hydrogens is 921 g/mol. The molecule has 0 radical (unpaired) electrons. The summed E-state index contributed by atoms with van der Waals surface area (Å²) in [6.07, 6.45) is 8.18. The summed E-state index contributed by atoms with van der Waals surface area (Å²) in [5.74, 6) is -1.67. The Bertz CT molecular complexity index is 2770. The molecule has 2 aromatic carbocycles. The number of amides is 3. The first-order valence-electron chi connectivity index (χ1n) is 20.0. The molecule has 20 heteroatoms. The summed E-state index contributed by atoms with van der Waals surface area (Å²) in [5, 5.41) is 8.14. The van der Waals surface area contributed by atoms with Crippen molar-refractivity contribution in [3.8, 4) is 0 Å². The van der Waals surface area contributed by atoms with Crippen molar-refractivity contribution in [1.29, 1.82) is 0 Å². The van der Waals surface area contributed by atoms with Crippen LogP contribution in [0.4, 0.5) is 29.7 Å². The first-order valence-corrected chi connectivity index (χ1v) is 20.7. The molecule has 5 aromatic heterocycles. The number of rotatable bonds is 9. The van der Waals surface area contributed by atoms with E-state index in [0.29, 0.717) is 47.1 Å². The normalized spacial score (nSPS) is 13.7. The first kappa shape index (κ1) is 53.2. The van der Waals surface area contributed by atoms with E-state index in [0.717, 1.165) is 24.4 Å². The summed E-state index contributed by atoms with van der Waals surface area (Å²) < 4.78 is 41.6. The third-order valence-electron chi connectivity index (χ3n) is 10.0. The van der Waals surface area contributed by atoms with E-state index in [2.05, 4.69) is 30.9 Å². The molecule has 0 aliphatic carbocycles. The highest BCUT2D eigenvalue weighted by Crippen LogP contribution is 2.30. The fourth-order valence-corrected chi connectivity index (χ4v) is 7.23. The molecular formula is C48H52Cl2F2N10O6. The highest BCUT2D eigenvalue weighted by Gasteiger charge is 2.29. The van der Waals surface area contributed by atoms with E-state index in [1.807, 2.05) is 27.3 Å². The second-order valence-electron chi connectivity index (χ2n) is 14.4. The standard InChI is InChI=1S/C21H18ClFN4O3.C14H13ClFN3O.C10H9N3O2.3CH4/c22-15-11-13(4-5-16(15)23)25-20(28)19-7-6-18-17(8-10-27(18)19)26-21(29)30-12-14-3-1-2-9-24-14;15-9-7-8(1-2-10(9)16)18-14(20)13-4-3-12-11(17)5-6-19(12)13;14-10(13-6-5-11-8-13)15-7-9-3-1-2-4-12-9;;;/h1-7,9,11,17H,8,10,12H2,(H,25,28)(H,26,29);1-4,7,11H,5-6,17H2,(H,18,20);1-6,8H,7H2;3*1H4. The topological polar surface area (TPSA) is 202 Å². The van der Waals surface area contributed by atoms with Crippen LogP contribution in [0, 0.1) is 11.6 Å². The maximum Gasteiger partial charge on any atom is 0.419 e. The molecule has 2 aliphatic rings. The van der Waals surface area contributed by atoms with Crippen molar-refractivity contribution < 1.29 is 37.4 Å². The van der Waals surface area contributed by atoms with Gasteiger partial charge < -0.3 is 40.3 Å². The molecule has 9 rings (SSSR count). The molecule has 3 amide bonds. The Morgan fingerprint density at radius 1 is 0.676 bits per heavy atom. The van der Waals surface area contributed by atoms with E-state index in [9.17, 15) is 28.0 Å². The number of aromatic nitrogens is 6. The van der Waals surface area contributed by atoms with E-state index in [1.165, 1.54) is 59.7 Å². The van der Waals surface area contributed by atoms with Crippen LogP contribution < -0.4 is 21.7 Å². The molecule has 0 saturated carbocycles. The molecule has 68 heavy (non-hydrogen) atoms. The minimum absolute atomic E-state index is 0. The Labute approximate surface area is 402 Å². The molecule has 358 valence electrons. The van der Waals surface area contributed by atoms with Gasteiger partial charge in [-0.2, -0.15) is 0 Å². The molecule has 0 bridgehead atoms. The van der Waals surface area contributed by atoms with Crippen molar-refractivity contribution in [3.63, 3.8) is 0 Å². The van der Waals surface area contributed by atoms with Gasteiger partial charge in [0.05, 0.1) is 27.5 Å². The highest BCUT2D eigenvalue weighted by atomic mass is 35.5. The summed E-state index contributed by atoms with van der Waals surface area (Å²) in [7, 11) is 0. The van der Waals surface area contributed by atoms with Crippen LogP contribution in [-0.4, -0.2) is 52.7 Å². The van der Waals surface area contributed by atoms with Crippen LogP contribution in [-0.2, 0) is 35.8 Å². The third kappa shape index (κ3) is 13.6. The lowest BCUT2D eigenvalue weighted by atomic mass is 10.2. The number of hydrogen-bond acceptors (Lipinski definition) is 10. The van der Waals surface area contributed by atoms with E-state index in [4.69, 9.17) is 38.4 Å². The Hall–Kier alpha value is -7.41. The Kier molecular flexibility index (Phi) is 19.5. The number of imidazole rings is 1. The van der Waals surface area contributed by atoms with E-state index in [-0.39, 0.29) is 69.4 Å². The fourth-order valence-electron chi connectivity index (χ4n) is 6.86. The number of carbonyl (C=O) groups excluding carboxylic acids is 4. The lowest BCUT2D eigenvalue weighted by Crippen LogP contribution is -2.27. The number of ether oxygens (including phenoxy) is 2. The van der Waals surface area contributed by atoms with Gasteiger partial charge in [0.25, 0.3) is 11.8 Å². The third-order valence-corrected chi connectivity index (χ3v) is 10.6. The van der Waals surface area contributed by atoms with Crippen molar-refractivity contribution in [2.45, 2.75) is 73.5 Å². The highest BCUT2D eigenvalue weighted by molar-refractivity contribution is 6.31. The number of hydrogen-bond donors (Lipinski definition) is 4. The van der Waals surface area contributed by atoms with Crippen molar-refractivity contribution in [2.24, 2.45) is 5.73 Å². The zero-order valence-corrected chi connectivity index (χ0v) is 35.8. The van der Waals surface area contributed by atoms with Gasteiger partial charge >= 0.3 is 12.2 Å². The summed E-state index contributed by atoms with van der Waals surface area (Å²) in [6.45, 7) is 1.54. The number of benzene rings is 2. The molecule has 16 nitrogen and oxygen atoms in total. The Balaban J connectivity index is 0.000000231. The molecule has 0 saturated heterocycles. The van der Waals surface area contributed by atoms with Crippen molar-refractivity contribution in [3.05, 3.63) is 184 Å². The number of anilines is 2. The molecule has 7 aromatic rings. The maximum absolute atomic E-state index is 13.3. The average molecular weight is 974 g/mol. The minimum atomic E-state index is -0.554. The van der Waals surface area contributed by atoms with Gasteiger partial charge in [-0.3, -0.25) is 19.6 Å². The summed E-state index contributed by atoms with van der Waals surface area (Å²) in [4.78, 5) is 60.2. The predicted octanol–water partition coefficient (Wildman–Crippen LogP) is 10.6. The number of fused-ring (bicyclic) bond motifs is 2. The lowest BCUT2D eigenvalue weighted by molar-refractivity contribution is 0.101. The average Bonchev–Trinajstić information content (AvgIpc) is 4.17. The van der Waals surface area contributed by atoms with Gasteiger partial charge in [-0.25, -0.2) is 27.9 Å². The molecule has 0 spiro atoms. The van der Waals surface area contributed by atoms with Crippen LogP contribution in [0.2, 0.25) is 10.0 Å². The number of nitrogens with one attached hydrogen (secondary N) is 3. The van der Waals surface area contributed by atoms with Crippen molar-refractivity contribution >= 4 is 58.6 Å². The number of nitrogens with zero attached hydrogens (tertiary/aromatic N) is 6. The number of nitrogens with two attached hydrogens (primary N) is 1. The van der Waals surface area contributed by atoms with Crippen LogP contribution in [0.5, 0.6) is 0 Å². The summed E-state index contributed by atoms with van der Waals surface area (Å²) in [6, 6.07) is 25.7. The Morgan fingerprint density at radius 2 is 1.21 bits per heavy atom. The molecule has 2 atom stereocenters.